The van der Waals surface area contributed by atoms with Gasteiger partial charge in [0.05, 0.1) is 0 Å². The van der Waals surface area contributed by atoms with E-state index in [9.17, 15) is 9.59 Å². The molecule has 16 heavy (non-hydrogen) atoms. The lowest BCUT2D eigenvalue weighted by atomic mass is 9.82. The summed E-state index contributed by atoms with van der Waals surface area (Å²) in [5.74, 6) is -1.05. The van der Waals surface area contributed by atoms with E-state index in [0.717, 1.165) is 0 Å². The maximum absolute atomic E-state index is 11.9. The second-order valence-electron chi connectivity index (χ2n) is 3.68. The lowest BCUT2D eigenvalue weighted by molar-refractivity contribution is -0.186. The van der Waals surface area contributed by atoms with Crippen molar-refractivity contribution in [3.8, 4) is 0 Å². The fourth-order valence-corrected chi connectivity index (χ4v) is 1.73. The lowest BCUT2D eigenvalue weighted by Crippen LogP contribution is -2.39. The summed E-state index contributed by atoms with van der Waals surface area (Å²) in [7, 11) is 0. The normalized spacial score (nSPS) is 24.6. The molecule has 1 aliphatic rings. The van der Waals surface area contributed by atoms with Gasteiger partial charge in [0.1, 0.15) is 0 Å². The second-order valence-corrected chi connectivity index (χ2v) is 3.68. The highest BCUT2D eigenvalue weighted by Crippen LogP contribution is 2.32. The van der Waals surface area contributed by atoms with E-state index in [0.29, 0.717) is 19.4 Å². The van der Waals surface area contributed by atoms with Crippen LogP contribution in [0.2, 0.25) is 0 Å². The largest absolute Gasteiger partial charge is 0.458 e. The zero-order valence-electron chi connectivity index (χ0n) is 9.95. The van der Waals surface area contributed by atoms with Crippen LogP contribution in [0.1, 0.15) is 33.6 Å². The minimum absolute atomic E-state index is 0.0276. The van der Waals surface area contributed by atoms with Gasteiger partial charge in [0.25, 0.3) is 0 Å². The van der Waals surface area contributed by atoms with E-state index in [1.54, 1.807) is 20.8 Å². The molecular weight excluding hydrogens is 212 g/mol. The Balaban J connectivity index is 2.88. The van der Waals surface area contributed by atoms with E-state index in [1.165, 1.54) is 0 Å². The van der Waals surface area contributed by atoms with Gasteiger partial charge in [-0.2, -0.15) is 0 Å². The molecule has 0 radical (unpaired) electrons. The van der Waals surface area contributed by atoms with E-state index < -0.39 is 23.6 Å². The average molecular weight is 230 g/mol. The van der Waals surface area contributed by atoms with Crippen LogP contribution in [0.4, 0.5) is 0 Å². The van der Waals surface area contributed by atoms with E-state index in [1.807, 2.05) is 0 Å². The highest BCUT2D eigenvalue weighted by Gasteiger charge is 2.49. The third kappa shape index (κ3) is 2.19. The first-order valence-electron chi connectivity index (χ1n) is 5.60. The number of hydrogen-bond acceptors (Lipinski definition) is 5. The zero-order valence-corrected chi connectivity index (χ0v) is 9.95. The van der Waals surface area contributed by atoms with Gasteiger partial charge in [-0.05, 0) is 19.8 Å². The third-order valence-corrected chi connectivity index (χ3v) is 2.93. The number of esters is 2. The first-order chi connectivity index (χ1) is 7.60. The molecule has 1 atom stereocenters. The van der Waals surface area contributed by atoms with Crippen LogP contribution in [0.15, 0.2) is 0 Å². The van der Waals surface area contributed by atoms with E-state index in [4.69, 9.17) is 14.2 Å². The summed E-state index contributed by atoms with van der Waals surface area (Å²) in [4.78, 5) is 23.7. The van der Waals surface area contributed by atoms with Crippen LogP contribution in [0.5, 0.6) is 0 Å². The Labute approximate surface area is 95.0 Å². The average Bonchev–Trinajstić information content (AvgIpc) is 2.38. The van der Waals surface area contributed by atoms with Crippen molar-refractivity contribution in [3.05, 3.63) is 0 Å². The van der Waals surface area contributed by atoms with Crippen molar-refractivity contribution in [1.82, 2.24) is 0 Å². The summed E-state index contributed by atoms with van der Waals surface area (Å²) in [6.45, 7) is 5.70. The molecule has 92 valence electrons. The van der Waals surface area contributed by atoms with Crippen molar-refractivity contribution in [2.24, 2.45) is 5.41 Å². The molecule has 0 aromatic rings. The smallest absolute Gasteiger partial charge is 0.325 e. The van der Waals surface area contributed by atoms with Crippen LogP contribution in [0.3, 0.4) is 0 Å². The van der Waals surface area contributed by atoms with Crippen LogP contribution in [0.25, 0.3) is 0 Å². The van der Waals surface area contributed by atoms with Gasteiger partial charge in [0.15, 0.2) is 12.0 Å². The van der Waals surface area contributed by atoms with Gasteiger partial charge in [-0.25, -0.2) is 0 Å². The number of ether oxygens (including phenoxy) is 3. The van der Waals surface area contributed by atoms with Gasteiger partial charge in [0.2, 0.25) is 6.29 Å². The molecule has 0 N–H and O–H groups in total. The molecule has 5 nitrogen and oxygen atoms in total. The first kappa shape index (κ1) is 13.0. The summed E-state index contributed by atoms with van der Waals surface area (Å²) in [5, 5.41) is 0. The highest BCUT2D eigenvalue weighted by molar-refractivity contribution is 6.00. The molecule has 1 unspecified atom stereocenters. The topological polar surface area (TPSA) is 61.8 Å². The number of carbonyl (C=O) groups excluding carboxylic acids is 2. The van der Waals surface area contributed by atoms with Crippen molar-refractivity contribution in [2.45, 2.75) is 39.9 Å². The van der Waals surface area contributed by atoms with Gasteiger partial charge in [-0.3, -0.25) is 9.59 Å². The molecule has 0 aromatic heterocycles. The summed E-state index contributed by atoms with van der Waals surface area (Å²) in [5.41, 5.74) is -1.16. The van der Waals surface area contributed by atoms with Crippen LogP contribution in [-0.4, -0.2) is 31.4 Å². The summed E-state index contributed by atoms with van der Waals surface area (Å²) in [6.07, 6.45) is -0.0264. The molecule has 0 bridgehead atoms. The Morgan fingerprint density at radius 2 is 1.88 bits per heavy atom. The highest BCUT2D eigenvalue weighted by atomic mass is 16.7. The van der Waals surface area contributed by atoms with E-state index >= 15 is 0 Å². The van der Waals surface area contributed by atoms with Crippen molar-refractivity contribution < 1.29 is 23.8 Å². The Morgan fingerprint density at radius 1 is 1.25 bits per heavy atom. The van der Waals surface area contributed by atoms with E-state index in [2.05, 4.69) is 0 Å². The first-order valence-corrected chi connectivity index (χ1v) is 5.60. The predicted molar refractivity (Wildman–Crippen MR) is 55.5 cm³/mol. The standard InChI is InChI=1S/C11H18O5/c1-4-11(5-2)9(12)15-7-8(14-6-3)16-10(11)13/h8H,4-7H2,1-3H3. The van der Waals surface area contributed by atoms with Crippen LogP contribution >= 0.6 is 0 Å². The molecule has 0 aliphatic carbocycles. The van der Waals surface area contributed by atoms with Gasteiger partial charge in [-0.1, -0.05) is 13.8 Å². The van der Waals surface area contributed by atoms with Crippen molar-refractivity contribution in [1.29, 1.82) is 0 Å². The van der Waals surface area contributed by atoms with Crippen LogP contribution < -0.4 is 0 Å². The predicted octanol–water partition coefficient (Wildman–Crippen LogP) is 1.26. The van der Waals surface area contributed by atoms with Gasteiger partial charge >= 0.3 is 11.9 Å². The number of carbonyl (C=O) groups is 2. The quantitative estimate of drug-likeness (QED) is 0.537. The maximum atomic E-state index is 11.9. The van der Waals surface area contributed by atoms with Gasteiger partial charge in [-0.15, -0.1) is 0 Å². The Kier molecular flexibility index (Phi) is 4.29. The molecule has 1 rings (SSSR count). The minimum atomic E-state index is -1.16. The molecule has 1 aliphatic heterocycles. The number of rotatable bonds is 4. The summed E-state index contributed by atoms with van der Waals surface area (Å²) < 4.78 is 15.3. The monoisotopic (exact) mass is 230 g/mol. The molecule has 0 amide bonds. The molecule has 0 saturated carbocycles. The molecule has 1 saturated heterocycles. The molecule has 0 aromatic carbocycles. The molecular formula is C11H18O5. The second kappa shape index (κ2) is 5.30. The van der Waals surface area contributed by atoms with E-state index in [-0.39, 0.29) is 6.61 Å². The van der Waals surface area contributed by atoms with Crippen molar-refractivity contribution >= 4 is 11.9 Å². The maximum Gasteiger partial charge on any atom is 0.325 e. The Bertz CT molecular complexity index is 270. The molecule has 5 heteroatoms. The van der Waals surface area contributed by atoms with Crippen molar-refractivity contribution in [2.75, 3.05) is 13.2 Å². The minimum Gasteiger partial charge on any atom is -0.458 e. The van der Waals surface area contributed by atoms with Gasteiger partial charge in [0, 0.05) is 6.61 Å². The number of hydrogen-bond donors (Lipinski definition) is 0. The SMILES string of the molecule is CCOC1COC(=O)C(CC)(CC)C(=O)O1. The fraction of sp³-hybridized carbons (Fsp3) is 0.818. The Hall–Kier alpha value is -1.10. The zero-order chi connectivity index (χ0) is 12.2. The molecule has 0 spiro atoms. The number of cyclic esters (lactones) is 2. The lowest BCUT2D eigenvalue weighted by Gasteiger charge is -2.23. The van der Waals surface area contributed by atoms with Crippen LogP contribution in [-0.2, 0) is 23.8 Å². The molecule has 1 heterocycles. The van der Waals surface area contributed by atoms with Crippen LogP contribution in [0, 0.1) is 5.41 Å². The summed E-state index contributed by atoms with van der Waals surface area (Å²) >= 11 is 0. The fourth-order valence-electron chi connectivity index (χ4n) is 1.73. The summed E-state index contributed by atoms with van der Waals surface area (Å²) in [6, 6.07) is 0. The molecule has 1 fully saturated rings. The van der Waals surface area contributed by atoms with Gasteiger partial charge < -0.3 is 14.2 Å². The van der Waals surface area contributed by atoms with Crippen molar-refractivity contribution in [3.63, 3.8) is 0 Å². The third-order valence-electron chi connectivity index (χ3n) is 2.93. The Morgan fingerprint density at radius 3 is 2.38 bits per heavy atom.